The quantitative estimate of drug-likeness (QED) is 0.504. The number of nitro groups is 1. The van der Waals surface area contributed by atoms with Crippen LogP contribution in [0.25, 0.3) is 0 Å². The highest BCUT2D eigenvalue weighted by Crippen LogP contribution is 2.29. The number of nitro benzene ring substituents is 1. The van der Waals surface area contributed by atoms with Gasteiger partial charge in [-0.15, -0.1) is 0 Å². The molecule has 0 aliphatic carbocycles. The van der Waals surface area contributed by atoms with Crippen LogP contribution in [-0.2, 0) is 16.1 Å². The fourth-order valence-electron chi connectivity index (χ4n) is 1.88. The van der Waals surface area contributed by atoms with E-state index in [1.165, 1.54) is 6.07 Å². The van der Waals surface area contributed by atoms with Crippen LogP contribution in [0.5, 0.6) is 0 Å². The second-order valence-corrected chi connectivity index (χ2v) is 4.92. The van der Waals surface area contributed by atoms with E-state index in [1.54, 1.807) is 17.0 Å². The van der Waals surface area contributed by atoms with Gasteiger partial charge in [-0.1, -0.05) is 12.1 Å². The van der Waals surface area contributed by atoms with E-state index in [0.717, 1.165) is 0 Å². The molecule has 0 spiro atoms. The molecule has 0 atom stereocenters. The molecule has 1 heterocycles. The number of carbonyl (C=O) groups excluding carboxylic acids is 2. The lowest BCUT2D eigenvalue weighted by Crippen LogP contribution is -2.50. The zero-order valence-electron chi connectivity index (χ0n) is 9.76. The van der Waals surface area contributed by atoms with E-state index in [9.17, 15) is 19.7 Å². The van der Waals surface area contributed by atoms with Gasteiger partial charge in [0.2, 0.25) is 11.8 Å². The Morgan fingerprint density at radius 1 is 1.32 bits per heavy atom. The van der Waals surface area contributed by atoms with Gasteiger partial charge in [-0.2, -0.15) is 0 Å². The zero-order chi connectivity index (χ0) is 14.0. The van der Waals surface area contributed by atoms with Gasteiger partial charge in [0.25, 0.3) is 5.69 Å². The molecular formula is C11H10BrN3O4. The molecule has 100 valence electrons. The summed E-state index contributed by atoms with van der Waals surface area (Å²) in [6.45, 7) is 0.489. The largest absolute Gasteiger partial charge is 0.294 e. The van der Waals surface area contributed by atoms with Crippen LogP contribution in [0.2, 0.25) is 0 Å². The predicted molar refractivity (Wildman–Crippen MR) is 69.2 cm³/mol. The van der Waals surface area contributed by atoms with Gasteiger partial charge in [0, 0.05) is 12.6 Å². The maximum absolute atomic E-state index is 11.2. The van der Waals surface area contributed by atoms with Crippen molar-refractivity contribution in [3.8, 4) is 0 Å². The lowest BCUT2D eigenvalue weighted by molar-refractivity contribution is -0.385. The molecule has 1 aliphatic heterocycles. The number of imide groups is 1. The Kier molecular flexibility index (Phi) is 3.91. The third-order valence-corrected chi connectivity index (χ3v) is 3.58. The predicted octanol–water partition coefficient (Wildman–Crippen LogP) is 0.816. The van der Waals surface area contributed by atoms with Crippen LogP contribution in [0.4, 0.5) is 5.69 Å². The average molecular weight is 328 g/mol. The first-order valence-electron chi connectivity index (χ1n) is 5.44. The van der Waals surface area contributed by atoms with Crippen molar-refractivity contribution in [1.29, 1.82) is 0 Å². The van der Waals surface area contributed by atoms with Gasteiger partial charge >= 0.3 is 0 Å². The van der Waals surface area contributed by atoms with Gasteiger partial charge in [-0.3, -0.25) is 29.9 Å². The minimum Gasteiger partial charge on any atom is -0.294 e. The number of amides is 2. The van der Waals surface area contributed by atoms with Gasteiger partial charge in [0.1, 0.15) is 0 Å². The first-order valence-corrected chi connectivity index (χ1v) is 6.23. The van der Waals surface area contributed by atoms with Crippen LogP contribution in [0.15, 0.2) is 22.7 Å². The van der Waals surface area contributed by atoms with Crippen molar-refractivity contribution < 1.29 is 14.5 Å². The molecule has 0 unspecified atom stereocenters. The van der Waals surface area contributed by atoms with Gasteiger partial charge < -0.3 is 0 Å². The normalized spacial score (nSPS) is 16.3. The molecule has 8 heteroatoms. The molecule has 7 nitrogen and oxygen atoms in total. The van der Waals surface area contributed by atoms with E-state index < -0.39 is 4.92 Å². The van der Waals surface area contributed by atoms with Crippen LogP contribution >= 0.6 is 15.9 Å². The molecule has 0 aromatic heterocycles. The smallest absolute Gasteiger partial charge is 0.283 e. The van der Waals surface area contributed by atoms with E-state index in [0.29, 0.717) is 16.6 Å². The Hall–Kier alpha value is -1.80. The van der Waals surface area contributed by atoms with Crippen LogP contribution in [0.1, 0.15) is 5.56 Å². The Morgan fingerprint density at radius 2 is 1.95 bits per heavy atom. The van der Waals surface area contributed by atoms with Gasteiger partial charge in [-0.25, -0.2) is 0 Å². The summed E-state index contributed by atoms with van der Waals surface area (Å²) >= 11 is 3.19. The molecule has 2 amide bonds. The third kappa shape index (κ3) is 3.15. The van der Waals surface area contributed by atoms with Crippen molar-refractivity contribution in [2.45, 2.75) is 6.54 Å². The Bertz CT molecular complexity index is 545. The standard InChI is InChI=1S/C11H10BrN3O4/c12-11-7(2-1-3-8(11)15(18)19)4-14-5-9(16)13-10(17)6-14/h1-3H,4-6H2,(H,13,16,17). The summed E-state index contributed by atoms with van der Waals surface area (Å²) in [6.07, 6.45) is 0. The summed E-state index contributed by atoms with van der Waals surface area (Å²) in [6, 6.07) is 4.68. The van der Waals surface area contributed by atoms with E-state index in [-0.39, 0.29) is 30.6 Å². The third-order valence-electron chi connectivity index (χ3n) is 2.66. The first-order chi connectivity index (χ1) is 8.97. The highest BCUT2D eigenvalue weighted by molar-refractivity contribution is 9.10. The van der Waals surface area contributed by atoms with Gasteiger partial charge in [0.05, 0.1) is 22.5 Å². The summed E-state index contributed by atoms with van der Waals surface area (Å²) in [5.74, 6) is -0.726. The molecule has 1 aromatic carbocycles. The number of nitrogens with one attached hydrogen (secondary N) is 1. The van der Waals surface area contributed by atoms with E-state index in [2.05, 4.69) is 21.2 Å². The van der Waals surface area contributed by atoms with Crippen LogP contribution < -0.4 is 5.32 Å². The monoisotopic (exact) mass is 327 g/mol. The molecule has 0 bridgehead atoms. The number of hydrogen-bond donors (Lipinski definition) is 1. The number of carbonyl (C=O) groups is 2. The Balaban J connectivity index is 2.19. The van der Waals surface area contributed by atoms with E-state index in [1.807, 2.05) is 0 Å². The molecular weight excluding hydrogens is 318 g/mol. The molecule has 19 heavy (non-hydrogen) atoms. The molecule has 1 saturated heterocycles. The van der Waals surface area contributed by atoms with Crippen LogP contribution in [-0.4, -0.2) is 34.7 Å². The molecule has 0 saturated carbocycles. The molecule has 1 N–H and O–H groups in total. The summed E-state index contributed by atoms with van der Waals surface area (Å²) in [7, 11) is 0. The Morgan fingerprint density at radius 3 is 2.53 bits per heavy atom. The molecule has 2 rings (SSSR count). The number of piperazine rings is 1. The second-order valence-electron chi connectivity index (χ2n) is 4.12. The highest BCUT2D eigenvalue weighted by atomic mass is 79.9. The first kappa shape index (κ1) is 13.6. The highest BCUT2D eigenvalue weighted by Gasteiger charge is 2.24. The summed E-state index contributed by atoms with van der Waals surface area (Å²) in [4.78, 5) is 34.4. The average Bonchev–Trinajstić information content (AvgIpc) is 2.30. The molecule has 1 aliphatic rings. The van der Waals surface area contributed by atoms with Crippen molar-refractivity contribution >= 4 is 33.4 Å². The summed E-state index contributed by atoms with van der Waals surface area (Å²) < 4.78 is 0.374. The van der Waals surface area contributed by atoms with E-state index >= 15 is 0 Å². The second kappa shape index (κ2) is 5.45. The van der Waals surface area contributed by atoms with Crippen molar-refractivity contribution in [2.24, 2.45) is 0 Å². The van der Waals surface area contributed by atoms with Crippen molar-refractivity contribution in [1.82, 2.24) is 10.2 Å². The van der Waals surface area contributed by atoms with Crippen molar-refractivity contribution in [3.05, 3.63) is 38.3 Å². The lowest BCUT2D eigenvalue weighted by atomic mass is 10.1. The number of nitrogens with zero attached hydrogens (tertiary/aromatic N) is 2. The maximum atomic E-state index is 11.2. The minimum absolute atomic E-state index is 0.0368. The lowest BCUT2D eigenvalue weighted by Gasteiger charge is -2.25. The summed E-state index contributed by atoms with van der Waals surface area (Å²) in [5, 5.41) is 13.0. The number of halogens is 1. The van der Waals surface area contributed by atoms with Crippen LogP contribution in [0, 0.1) is 10.1 Å². The zero-order valence-corrected chi connectivity index (χ0v) is 11.3. The topological polar surface area (TPSA) is 92.6 Å². The number of hydrogen-bond acceptors (Lipinski definition) is 5. The van der Waals surface area contributed by atoms with Gasteiger partial charge in [-0.05, 0) is 21.5 Å². The molecule has 1 fully saturated rings. The van der Waals surface area contributed by atoms with Crippen LogP contribution in [0.3, 0.4) is 0 Å². The Labute approximate surface area is 116 Å². The molecule has 1 aromatic rings. The maximum Gasteiger partial charge on any atom is 0.283 e. The fourth-order valence-corrected chi connectivity index (χ4v) is 2.41. The molecule has 0 radical (unpaired) electrons. The SMILES string of the molecule is O=C1CN(Cc2cccc([N+](=O)[O-])c2Br)CC(=O)N1. The number of benzene rings is 1. The minimum atomic E-state index is -0.484. The van der Waals surface area contributed by atoms with Gasteiger partial charge in [0.15, 0.2) is 0 Å². The van der Waals surface area contributed by atoms with E-state index in [4.69, 9.17) is 0 Å². The fraction of sp³-hybridized carbons (Fsp3) is 0.273. The summed E-state index contributed by atoms with van der Waals surface area (Å²) in [5.41, 5.74) is 0.627. The number of rotatable bonds is 3. The van der Waals surface area contributed by atoms with Crippen molar-refractivity contribution in [2.75, 3.05) is 13.1 Å². The van der Waals surface area contributed by atoms with Crippen molar-refractivity contribution in [3.63, 3.8) is 0 Å².